The lowest BCUT2D eigenvalue weighted by molar-refractivity contribution is -0.113. The van der Waals surface area contributed by atoms with Crippen molar-refractivity contribution in [2.45, 2.75) is 18.2 Å². The van der Waals surface area contributed by atoms with Gasteiger partial charge in [0.1, 0.15) is 5.82 Å². The van der Waals surface area contributed by atoms with Crippen LogP contribution in [-0.2, 0) is 11.2 Å². The van der Waals surface area contributed by atoms with Crippen LogP contribution in [-0.4, -0.2) is 21.8 Å². The summed E-state index contributed by atoms with van der Waals surface area (Å²) < 4.78 is 18.0. The Morgan fingerprint density at radius 3 is 2.68 bits per heavy atom. The van der Waals surface area contributed by atoms with E-state index in [1.807, 2.05) is 24.3 Å². The number of nitrogens with zero attached hydrogens (tertiary/aromatic N) is 2. The van der Waals surface area contributed by atoms with Crippen LogP contribution in [0.3, 0.4) is 0 Å². The number of nitrogens with one attached hydrogen (secondary N) is 1. The molecule has 0 aliphatic heterocycles. The minimum absolute atomic E-state index is 0.136. The van der Waals surface area contributed by atoms with E-state index in [0.717, 1.165) is 10.5 Å². The molecule has 0 atom stereocenters. The van der Waals surface area contributed by atoms with E-state index in [2.05, 4.69) is 15.5 Å². The van der Waals surface area contributed by atoms with Crippen molar-refractivity contribution in [3.05, 3.63) is 71.6 Å². The van der Waals surface area contributed by atoms with Crippen LogP contribution in [0.2, 0.25) is 0 Å². The predicted molar refractivity (Wildman–Crippen MR) is 94.0 cm³/mol. The smallest absolute Gasteiger partial charge is 0.234 e. The zero-order chi connectivity index (χ0) is 17.6. The summed E-state index contributed by atoms with van der Waals surface area (Å²) in [6, 6.07) is 13.5. The second-order valence-corrected chi connectivity index (χ2v) is 6.41. The van der Waals surface area contributed by atoms with Crippen molar-refractivity contribution in [2.24, 2.45) is 0 Å². The number of carbonyl (C=O) groups excluding carboxylic acids is 1. The molecule has 0 fully saturated rings. The van der Waals surface area contributed by atoms with E-state index in [1.54, 1.807) is 19.1 Å². The molecule has 5 nitrogen and oxygen atoms in total. The van der Waals surface area contributed by atoms with Crippen molar-refractivity contribution in [2.75, 3.05) is 11.1 Å². The lowest BCUT2D eigenvalue weighted by atomic mass is 10.1. The molecular formula is C18H16FN3O2S. The zero-order valence-corrected chi connectivity index (χ0v) is 14.3. The molecule has 1 amide bonds. The second kappa shape index (κ2) is 7.94. The molecule has 25 heavy (non-hydrogen) atoms. The van der Waals surface area contributed by atoms with Gasteiger partial charge in [0.25, 0.3) is 0 Å². The van der Waals surface area contributed by atoms with Gasteiger partial charge in [-0.15, -0.1) is 11.8 Å². The highest BCUT2D eigenvalue weighted by Crippen LogP contribution is 2.21. The fourth-order valence-electron chi connectivity index (χ4n) is 2.24. The van der Waals surface area contributed by atoms with Gasteiger partial charge in [0.15, 0.2) is 5.82 Å². The Balaban J connectivity index is 1.61. The van der Waals surface area contributed by atoms with Gasteiger partial charge in [0.2, 0.25) is 11.8 Å². The van der Waals surface area contributed by atoms with Gasteiger partial charge in [-0.2, -0.15) is 4.98 Å². The third kappa shape index (κ3) is 4.90. The summed E-state index contributed by atoms with van der Waals surface area (Å²) >= 11 is 1.35. The topological polar surface area (TPSA) is 68.0 Å². The van der Waals surface area contributed by atoms with Gasteiger partial charge < -0.3 is 9.84 Å². The van der Waals surface area contributed by atoms with Crippen LogP contribution in [0.15, 0.2) is 57.9 Å². The summed E-state index contributed by atoms with van der Waals surface area (Å²) in [5.74, 6) is 0.884. The van der Waals surface area contributed by atoms with Crippen LogP contribution in [0, 0.1) is 12.7 Å². The van der Waals surface area contributed by atoms with Gasteiger partial charge in [0, 0.05) is 10.6 Å². The highest BCUT2D eigenvalue weighted by molar-refractivity contribution is 8.00. The van der Waals surface area contributed by atoms with E-state index < -0.39 is 0 Å². The standard InChI is InChI=1S/C18H16FN3O2S/c1-12-20-18(24-22-12)10-13-4-2-3-5-16(13)21-17(23)11-25-15-8-6-14(19)7-9-15/h2-9H,10-11H2,1H3,(H,21,23). The number of thioether (sulfide) groups is 1. The molecule has 0 bridgehead atoms. The summed E-state index contributed by atoms with van der Waals surface area (Å²) in [5, 5.41) is 6.66. The average Bonchev–Trinajstić information content (AvgIpc) is 3.01. The summed E-state index contributed by atoms with van der Waals surface area (Å²) in [6.45, 7) is 1.76. The summed E-state index contributed by atoms with van der Waals surface area (Å²) in [7, 11) is 0. The third-order valence-corrected chi connectivity index (χ3v) is 4.40. The lowest BCUT2D eigenvalue weighted by Gasteiger charge is -2.09. The minimum Gasteiger partial charge on any atom is -0.339 e. The quantitative estimate of drug-likeness (QED) is 0.679. The van der Waals surface area contributed by atoms with Crippen molar-refractivity contribution in [1.82, 2.24) is 10.1 Å². The average molecular weight is 357 g/mol. The lowest BCUT2D eigenvalue weighted by Crippen LogP contribution is -2.15. The molecule has 0 unspecified atom stereocenters. The number of anilines is 1. The number of amides is 1. The van der Waals surface area contributed by atoms with Crippen molar-refractivity contribution in [3.63, 3.8) is 0 Å². The molecule has 3 rings (SSSR count). The molecule has 0 saturated carbocycles. The third-order valence-electron chi connectivity index (χ3n) is 3.39. The Morgan fingerprint density at radius 1 is 1.20 bits per heavy atom. The van der Waals surface area contributed by atoms with Crippen LogP contribution in [0.4, 0.5) is 10.1 Å². The number of para-hydroxylation sites is 1. The number of hydrogen-bond acceptors (Lipinski definition) is 5. The first-order chi connectivity index (χ1) is 12.1. The molecule has 1 N–H and O–H groups in total. The Kier molecular flexibility index (Phi) is 5.45. The summed E-state index contributed by atoms with van der Waals surface area (Å²) in [5.41, 5.74) is 1.61. The number of rotatable bonds is 6. The Labute approximate surface area is 148 Å². The van der Waals surface area contributed by atoms with E-state index in [0.29, 0.717) is 23.8 Å². The van der Waals surface area contributed by atoms with Crippen LogP contribution >= 0.6 is 11.8 Å². The van der Waals surface area contributed by atoms with Crippen molar-refractivity contribution in [1.29, 1.82) is 0 Å². The molecule has 0 spiro atoms. The molecule has 0 aliphatic rings. The number of halogens is 1. The van der Waals surface area contributed by atoms with Crippen LogP contribution in [0.5, 0.6) is 0 Å². The number of aryl methyl sites for hydroxylation is 1. The second-order valence-electron chi connectivity index (χ2n) is 5.36. The van der Waals surface area contributed by atoms with Gasteiger partial charge in [0.05, 0.1) is 12.2 Å². The zero-order valence-electron chi connectivity index (χ0n) is 13.5. The van der Waals surface area contributed by atoms with Crippen LogP contribution in [0.25, 0.3) is 0 Å². The number of aromatic nitrogens is 2. The number of carbonyl (C=O) groups is 1. The van der Waals surface area contributed by atoms with Gasteiger partial charge in [-0.1, -0.05) is 23.4 Å². The molecular weight excluding hydrogens is 341 g/mol. The van der Waals surface area contributed by atoms with E-state index in [9.17, 15) is 9.18 Å². The van der Waals surface area contributed by atoms with Gasteiger partial charge in [-0.25, -0.2) is 4.39 Å². The molecule has 0 saturated heterocycles. The molecule has 128 valence electrons. The summed E-state index contributed by atoms with van der Waals surface area (Å²) in [4.78, 5) is 17.2. The Morgan fingerprint density at radius 2 is 1.96 bits per heavy atom. The normalized spacial score (nSPS) is 10.6. The maximum absolute atomic E-state index is 12.9. The molecule has 2 aromatic carbocycles. The fraction of sp³-hybridized carbons (Fsp3) is 0.167. The Bertz CT molecular complexity index is 865. The van der Waals surface area contributed by atoms with E-state index >= 15 is 0 Å². The maximum Gasteiger partial charge on any atom is 0.234 e. The molecule has 0 aliphatic carbocycles. The monoisotopic (exact) mass is 357 g/mol. The SMILES string of the molecule is Cc1noc(Cc2ccccc2NC(=O)CSc2ccc(F)cc2)n1. The molecule has 1 aromatic heterocycles. The summed E-state index contributed by atoms with van der Waals surface area (Å²) in [6.07, 6.45) is 0.447. The highest BCUT2D eigenvalue weighted by atomic mass is 32.2. The van der Waals surface area contributed by atoms with Crippen molar-refractivity contribution < 1.29 is 13.7 Å². The number of benzene rings is 2. The van der Waals surface area contributed by atoms with Crippen molar-refractivity contribution in [3.8, 4) is 0 Å². The van der Waals surface area contributed by atoms with Gasteiger partial charge in [-0.3, -0.25) is 4.79 Å². The molecule has 3 aromatic rings. The van der Waals surface area contributed by atoms with Gasteiger partial charge >= 0.3 is 0 Å². The van der Waals surface area contributed by atoms with E-state index in [-0.39, 0.29) is 17.5 Å². The minimum atomic E-state index is -0.293. The first-order valence-corrected chi connectivity index (χ1v) is 8.64. The Hall–Kier alpha value is -2.67. The molecule has 1 heterocycles. The highest BCUT2D eigenvalue weighted by Gasteiger charge is 2.11. The number of hydrogen-bond donors (Lipinski definition) is 1. The van der Waals surface area contributed by atoms with Crippen LogP contribution < -0.4 is 5.32 Å². The van der Waals surface area contributed by atoms with Gasteiger partial charge in [-0.05, 0) is 42.8 Å². The van der Waals surface area contributed by atoms with Crippen molar-refractivity contribution >= 4 is 23.4 Å². The first kappa shape index (κ1) is 17.2. The first-order valence-electron chi connectivity index (χ1n) is 7.65. The van der Waals surface area contributed by atoms with Crippen LogP contribution in [0.1, 0.15) is 17.3 Å². The molecule has 0 radical (unpaired) electrons. The predicted octanol–water partition coefficient (Wildman–Crippen LogP) is 3.84. The molecule has 7 heteroatoms. The van der Waals surface area contributed by atoms with E-state index in [4.69, 9.17) is 4.52 Å². The maximum atomic E-state index is 12.9. The van der Waals surface area contributed by atoms with E-state index in [1.165, 1.54) is 23.9 Å². The fourth-order valence-corrected chi connectivity index (χ4v) is 2.94. The largest absolute Gasteiger partial charge is 0.339 e.